The predicted molar refractivity (Wildman–Crippen MR) is 121 cm³/mol. The second kappa shape index (κ2) is 10.8. The average molecular weight is 493 g/mol. The van der Waals surface area contributed by atoms with Crippen molar-refractivity contribution >= 4 is 29.9 Å². The van der Waals surface area contributed by atoms with E-state index in [9.17, 15) is 4.39 Å². The zero-order valence-electron chi connectivity index (χ0n) is 16.0. The average Bonchev–Trinajstić information content (AvgIpc) is 3.17. The van der Waals surface area contributed by atoms with Crippen molar-refractivity contribution in [2.75, 3.05) is 14.1 Å². The van der Waals surface area contributed by atoms with Gasteiger partial charge in [0.15, 0.2) is 5.96 Å². The smallest absolute Gasteiger partial charge is 0.193 e. The van der Waals surface area contributed by atoms with E-state index in [2.05, 4.69) is 39.6 Å². The van der Waals surface area contributed by atoms with Gasteiger partial charge in [0.05, 0.1) is 6.33 Å². The first-order valence-electron chi connectivity index (χ1n) is 8.84. The van der Waals surface area contributed by atoms with E-state index >= 15 is 0 Å². The van der Waals surface area contributed by atoms with Gasteiger partial charge in [-0.3, -0.25) is 4.99 Å². The summed E-state index contributed by atoms with van der Waals surface area (Å²) in [4.78, 5) is 10.4. The normalized spacial score (nSPS) is 11.0. The van der Waals surface area contributed by atoms with Crippen LogP contribution in [-0.2, 0) is 19.6 Å². The zero-order valence-corrected chi connectivity index (χ0v) is 18.4. The van der Waals surface area contributed by atoms with Gasteiger partial charge in [-0.15, -0.1) is 24.0 Å². The second-order valence-electron chi connectivity index (χ2n) is 6.44. The van der Waals surface area contributed by atoms with Crippen LogP contribution < -0.4 is 5.32 Å². The maximum absolute atomic E-state index is 13.1. The van der Waals surface area contributed by atoms with Gasteiger partial charge in [0.1, 0.15) is 5.82 Å². The molecule has 0 spiro atoms. The molecule has 1 aromatic heterocycles. The molecule has 0 fully saturated rings. The summed E-state index contributed by atoms with van der Waals surface area (Å²) in [6.07, 6.45) is 5.56. The van der Waals surface area contributed by atoms with Gasteiger partial charge in [-0.2, -0.15) is 0 Å². The highest BCUT2D eigenvalue weighted by Crippen LogP contribution is 2.09. The van der Waals surface area contributed by atoms with E-state index in [0.717, 1.165) is 18.1 Å². The number of aliphatic imine (C=N–C) groups is 1. The molecule has 0 saturated heterocycles. The Hall–Kier alpha value is -2.42. The molecule has 0 saturated carbocycles. The van der Waals surface area contributed by atoms with Crippen molar-refractivity contribution in [3.05, 3.63) is 89.8 Å². The second-order valence-corrected chi connectivity index (χ2v) is 6.44. The number of imidazole rings is 1. The van der Waals surface area contributed by atoms with E-state index in [4.69, 9.17) is 0 Å². The minimum absolute atomic E-state index is 0. The predicted octanol–water partition coefficient (Wildman–Crippen LogP) is 3.90. The number of nitrogens with one attached hydrogen (secondary N) is 1. The van der Waals surface area contributed by atoms with Crippen molar-refractivity contribution in [2.24, 2.45) is 4.99 Å². The molecule has 28 heavy (non-hydrogen) atoms. The Labute approximate surface area is 182 Å². The summed E-state index contributed by atoms with van der Waals surface area (Å²) >= 11 is 0. The number of hydrogen-bond acceptors (Lipinski definition) is 2. The first kappa shape index (κ1) is 21.9. The Morgan fingerprint density at radius 1 is 1.14 bits per heavy atom. The molecule has 0 aliphatic heterocycles. The van der Waals surface area contributed by atoms with Gasteiger partial charge in [-0.1, -0.05) is 36.4 Å². The molecule has 3 rings (SSSR count). The summed E-state index contributed by atoms with van der Waals surface area (Å²) in [6.45, 7) is 2.13. The van der Waals surface area contributed by atoms with Crippen molar-refractivity contribution in [2.45, 2.75) is 19.6 Å². The van der Waals surface area contributed by atoms with Gasteiger partial charge < -0.3 is 14.8 Å². The summed E-state index contributed by atoms with van der Waals surface area (Å²) < 4.78 is 15.1. The van der Waals surface area contributed by atoms with Gasteiger partial charge in [0.25, 0.3) is 0 Å². The number of guanidine groups is 1. The van der Waals surface area contributed by atoms with Crippen LogP contribution in [0.3, 0.4) is 0 Å². The van der Waals surface area contributed by atoms with Crippen LogP contribution in [0.1, 0.15) is 16.7 Å². The fourth-order valence-electron chi connectivity index (χ4n) is 2.93. The first-order chi connectivity index (χ1) is 13.1. The van der Waals surface area contributed by atoms with Crippen LogP contribution in [0.25, 0.3) is 0 Å². The van der Waals surface area contributed by atoms with Gasteiger partial charge >= 0.3 is 0 Å². The van der Waals surface area contributed by atoms with Crippen LogP contribution in [-0.4, -0.2) is 34.5 Å². The van der Waals surface area contributed by atoms with Crippen LogP contribution in [0.2, 0.25) is 0 Å². The molecule has 7 heteroatoms. The highest BCUT2D eigenvalue weighted by Gasteiger charge is 2.07. The highest BCUT2D eigenvalue weighted by atomic mass is 127. The topological polar surface area (TPSA) is 45.5 Å². The van der Waals surface area contributed by atoms with Gasteiger partial charge in [-0.05, 0) is 28.8 Å². The largest absolute Gasteiger partial charge is 0.352 e. The lowest BCUT2D eigenvalue weighted by atomic mass is 10.1. The molecule has 0 amide bonds. The van der Waals surface area contributed by atoms with E-state index in [1.165, 1.54) is 23.3 Å². The SMILES string of the molecule is CN=C(NCc1cccc(Cn2ccnc2)c1)N(C)Cc1ccc(F)cc1.I. The Morgan fingerprint density at radius 2 is 1.89 bits per heavy atom. The van der Waals surface area contributed by atoms with Crippen molar-refractivity contribution in [1.82, 2.24) is 19.8 Å². The van der Waals surface area contributed by atoms with Crippen LogP contribution in [0, 0.1) is 5.82 Å². The van der Waals surface area contributed by atoms with Crippen molar-refractivity contribution in [3.63, 3.8) is 0 Å². The number of nitrogens with zero attached hydrogens (tertiary/aromatic N) is 4. The maximum Gasteiger partial charge on any atom is 0.193 e. The molecule has 0 atom stereocenters. The number of halogens is 2. The Morgan fingerprint density at radius 3 is 2.57 bits per heavy atom. The van der Waals surface area contributed by atoms with Crippen molar-refractivity contribution in [3.8, 4) is 0 Å². The monoisotopic (exact) mass is 493 g/mol. The van der Waals surface area contributed by atoms with Crippen LogP contribution in [0.4, 0.5) is 4.39 Å². The lowest BCUT2D eigenvalue weighted by Crippen LogP contribution is -2.38. The molecule has 5 nitrogen and oxygen atoms in total. The standard InChI is InChI=1S/C21H24FN5.HI/c1-23-21(26(2)14-17-6-8-20(22)9-7-17)25-13-18-4-3-5-19(12-18)15-27-11-10-24-16-27;/h3-12,16H,13-15H2,1-2H3,(H,23,25);1H. The first-order valence-corrected chi connectivity index (χ1v) is 8.84. The Kier molecular flexibility index (Phi) is 8.43. The summed E-state index contributed by atoms with van der Waals surface area (Å²) in [5.41, 5.74) is 3.44. The molecule has 148 valence electrons. The van der Waals surface area contributed by atoms with Crippen molar-refractivity contribution < 1.29 is 4.39 Å². The lowest BCUT2D eigenvalue weighted by Gasteiger charge is -2.22. The minimum Gasteiger partial charge on any atom is -0.352 e. The maximum atomic E-state index is 13.1. The summed E-state index contributed by atoms with van der Waals surface area (Å²) in [7, 11) is 3.73. The molecule has 3 aromatic rings. The molecular formula is C21H25FIN5. The molecule has 0 aliphatic carbocycles. The van der Waals surface area contributed by atoms with Gasteiger partial charge in [0, 0.05) is 46.1 Å². The van der Waals surface area contributed by atoms with E-state index in [0.29, 0.717) is 13.1 Å². The van der Waals surface area contributed by atoms with Crippen LogP contribution >= 0.6 is 24.0 Å². The van der Waals surface area contributed by atoms with E-state index < -0.39 is 0 Å². The minimum atomic E-state index is -0.223. The zero-order chi connectivity index (χ0) is 19.1. The molecule has 0 unspecified atom stereocenters. The molecule has 2 aromatic carbocycles. The number of benzene rings is 2. The van der Waals surface area contributed by atoms with E-state index in [-0.39, 0.29) is 29.8 Å². The quantitative estimate of drug-likeness (QED) is 0.322. The fourth-order valence-corrected chi connectivity index (χ4v) is 2.93. The van der Waals surface area contributed by atoms with E-state index in [1.807, 2.05) is 29.0 Å². The summed E-state index contributed by atoms with van der Waals surface area (Å²) in [5, 5.41) is 3.39. The number of rotatable bonds is 6. The highest BCUT2D eigenvalue weighted by molar-refractivity contribution is 14.0. The summed E-state index contributed by atoms with van der Waals surface area (Å²) in [5.74, 6) is 0.568. The van der Waals surface area contributed by atoms with Crippen LogP contribution in [0.15, 0.2) is 72.2 Å². The lowest BCUT2D eigenvalue weighted by molar-refractivity contribution is 0.476. The third-order valence-corrected chi connectivity index (χ3v) is 4.27. The molecule has 1 N–H and O–H groups in total. The molecule has 0 radical (unpaired) electrons. The van der Waals surface area contributed by atoms with Crippen molar-refractivity contribution in [1.29, 1.82) is 0 Å². The Bertz CT molecular complexity index is 878. The third-order valence-electron chi connectivity index (χ3n) is 4.27. The molecule has 1 heterocycles. The van der Waals surface area contributed by atoms with Gasteiger partial charge in [0.2, 0.25) is 0 Å². The van der Waals surface area contributed by atoms with Crippen LogP contribution in [0.5, 0.6) is 0 Å². The number of aromatic nitrogens is 2. The molecule has 0 aliphatic rings. The number of hydrogen-bond donors (Lipinski definition) is 1. The fraction of sp³-hybridized carbons (Fsp3) is 0.238. The Balaban J connectivity index is 0.00000280. The molecule has 0 bridgehead atoms. The summed E-state index contributed by atoms with van der Waals surface area (Å²) in [6, 6.07) is 15.0. The third kappa shape index (κ3) is 6.33. The molecular weight excluding hydrogens is 468 g/mol. The van der Waals surface area contributed by atoms with Gasteiger partial charge in [-0.25, -0.2) is 9.37 Å². The van der Waals surface area contributed by atoms with E-state index in [1.54, 1.807) is 25.4 Å².